The molecule has 0 amide bonds. The largest absolute Gasteiger partial charge is 3.00 e. The van der Waals surface area contributed by atoms with Crippen LogP contribution in [0.1, 0.15) is 171 Å². The first-order chi connectivity index (χ1) is 22.4. The predicted molar refractivity (Wildman–Crippen MR) is 210 cm³/mol. The molecule has 0 aromatic heterocycles. The topological polar surface area (TPSA) is 78.4 Å². The Bertz CT molecular complexity index is 1210. The van der Waals surface area contributed by atoms with E-state index in [1.807, 2.05) is 54.6 Å². The molecule has 0 saturated carbocycles. The van der Waals surface area contributed by atoms with Crippen LogP contribution in [-0.2, 0) is 37.2 Å². The third kappa shape index (κ3) is 15.7. The van der Waals surface area contributed by atoms with Crippen molar-refractivity contribution in [2.24, 2.45) is 0 Å². The number of hydrogen-bond donors (Lipinski definition) is 0. The molecule has 1 saturated heterocycles. The summed E-state index contributed by atoms with van der Waals surface area (Å²) in [6, 6.07) is 17.6. The van der Waals surface area contributed by atoms with Crippen LogP contribution in [0.3, 0.4) is 0 Å². The van der Waals surface area contributed by atoms with Crippen LogP contribution in [0, 0.1) is 38.2 Å². The van der Waals surface area contributed by atoms with Crippen LogP contribution in [0.2, 0.25) is 0 Å². The van der Waals surface area contributed by atoms with Gasteiger partial charge in [0.15, 0.2) is 0 Å². The molecule has 1 radical (unpaired) electrons. The Labute approximate surface area is 344 Å². The molecule has 289 valence electrons. The maximum atomic E-state index is 12.3. The minimum Gasteiger partial charge on any atom is -0.872 e. The molecule has 5 heteroatoms. The van der Waals surface area contributed by atoms with Crippen molar-refractivity contribution in [2.75, 3.05) is 13.2 Å². The number of benzene rings is 3. The van der Waals surface area contributed by atoms with Crippen LogP contribution in [0.5, 0.6) is 17.2 Å². The van der Waals surface area contributed by atoms with E-state index in [9.17, 15) is 15.3 Å². The molecule has 4 nitrogen and oxygen atoms in total. The van der Waals surface area contributed by atoms with E-state index in [0.717, 1.165) is 46.6 Å². The molecule has 1 aliphatic heterocycles. The molecule has 1 fully saturated rings. The van der Waals surface area contributed by atoms with Crippen LogP contribution in [0.25, 0.3) is 0 Å². The molecule has 51 heavy (non-hydrogen) atoms. The Kier molecular flexibility index (Phi) is 18.4. The van der Waals surface area contributed by atoms with Crippen LogP contribution in [0.15, 0.2) is 54.6 Å². The summed E-state index contributed by atoms with van der Waals surface area (Å²) in [4.78, 5) is 0. The zero-order chi connectivity index (χ0) is 39.1. The quantitative estimate of drug-likeness (QED) is 0.226. The Hall–Kier alpha value is -1.71. The van der Waals surface area contributed by atoms with Gasteiger partial charge in [-0.1, -0.05) is 213 Å². The molecule has 3 aromatic rings. The number of ether oxygens (including phenoxy) is 1. The molecule has 0 N–H and O–H groups in total. The van der Waals surface area contributed by atoms with Crippen molar-refractivity contribution in [2.45, 2.75) is 170 Å². The second-order valence-corrected chi connectivity index (χ2v) is 19.9. The molecule has 0 atom stereocenters. The average Bonchev–Trinajstić information content (AvgIpc) is 3.51. The maximum absolute atomic E-state index is 12.3. The summed E-state index contributed by atoms with van der Waals surface area (Å²) in [6.07, 6.45) is 2.56. The summed E-state index contributed by atoms with van der Waals surface area (Å²) >= 11 is 0. The second kappa shape index (κ2) is 19.1. The van der Waals surface area contributed by atoms with Crippen molar-refractivity contribution in [3.05, 3.63) is 88.0 Å². The fourth-order valence-electron chi connectivity index (χ4n) is 5.66. The van der Waals surface area contributed by atoms with E-state index in [4.69, 9.17) is 4.74 Å². The van der Waals surface area contributed by atoms with E-state index < -0.39 is 0 Å². The van der Waals surface area contributed by atoms with Gasteiger partial charge in [0, 0.05) is 13.2 Å². The van der Waals surface area contributed by atoms with E-state index in [-0.39, 0.29) is 87.9 Å². The third-order valence-electron chi connectivity index (χ3n) is 8.72. The predicted octanol–water partition coefficient (Wildman–Crippen LogP) is 10.9. The molecule has 0 unspecified atom stereocenters. The Balaban J connectivity index is 0.000000679. The van der Waals surface area contributed by atoms with E-state index in [1.165, 1.54) is 12.8 Å². The van der Waals surface area contributed by atoms with Gasteiger partial charge in [0.1, 0.15) is 0 Å². The van der Waals surface area contributed by atoms with Crippen molar-refractivity contribution in [1.29, 1.82) is 0 Å². The second-order valence-electron chi connectivity index (χ2n) is 19.9. The third-order valence-corrected chi connectivity index (χ3v) is 8.72. The zero-order valence-corrected chi connectivity index (χ0v) is 37.5. The zero-order valence-electron chi connectivity index (χ0n) is 35.5. The summed E-state index contributed by atoms with van der Waals surface area (Å²) < 4.78 is 4.94. The van der Waals surface area contributed by atoms with Gasteiger partial charge in [-0.15, -0.1) is 17.2 Å². The van der Waals surface area contributed by atoms with Gasteiger partial charge >= 0.3 is 38.2 Å². The molecule has 1 heterocycles. The van der Waals surface area contributed by atoms with Crippen LogP contribution >= 0.6 is 0 Å². The fourth-order valence-corrected chi connectivity index (χ4v) is 5.66. The van der Waals surface area contributed by atoms with Gasteiger partial charge in [-0.2, -0.15) is 0 Å². The molecule has 3 aromatic carbocycles. The van der Waals surface area contributed by atoms with E-state index in [1.54, 1.807) is 0 Å². The van der Waals surface area contributed by atoms with E-state index >= 15 is 0 Å². The minimum absolute atomic E-state index is 0. The first-order valence-electron chi connectivity index (χ1n) is 18.4. The van der Waals surface area contributed by atoms with Gasteiger partial charge in [0.05, 0.1) is 0 Å². The Morgan fingerprint density at radius 2 is 0.510 bits per heavy atom. The average molecular weight is 851 g/mol. The van der Waals surface area contributed by atoms with Crippen molar-refractivity contribution in [3.63, 3.8) is 0 Å². The van der Waals surface area contributed by atoms with Gasteiger partial charge in [0.2, 0.25) is 0 Å². The normalized spacial score (nSPS) is 13.8. The monoisotopic (exact) mass is 851 g/mol. The molecule has 4 rings (SSSR count). The number of para-hydroxylation sites is 3. The standard InChI is InChI=1S/3C14H22O.C4H8O.Dy/c3*1-13(2,3)10-8-7-9-11(12(10)15)14(4,5)6;1-2-4-5-3-1;/h3*7-9,15H,1-6H3;1-4H2;/q;;;;+3/p-3. The summed E-state index contributed by atoms with van der Waals surface area (Å²) in [7, 11) is 0. The Morgan fingerprint density at radius 3 is 0.608 bits per heavy atom. The van der Waals surface area contributed by atoms with Gasteiger partial charge in [-0.25, -0.2) is 0 Å². The summed E-state index contributed by atoms with van der Waals surface area (Å²) in [5.41, 5.74) is 5.05. The van der Waals surface area contributed by atoms with Crippen LogP contribution < -0.4 is 15.3 Å². The molecular weight excluding hydrogens is 779 g/mol. The summed E-state index contributed by atoms with van der Waals surface area (Å²) in [6.45, 7) is 39.4. The smallest absolute Gasteiger partial charge is 0.872 e. The van der Waals surface area contributed by atoms with Gasteiger partial charge in [-0.05, 0) is 45.3 Å². The first-order valence-corrected chi connectivity index (χ1v) is 18.4. The maximum Gasteiger partial charge on any atom is 3.00 e. The van der Waals surface area contributed by atoms with Gasteiger partial charge in [-0.3, -0.25) is 0 Å². The Morgan fingerprint density at radius 1 is 0.353 bits per heavy atom. The summed E-state index contributed by atoms with van der Waals surface area (Å²) in [5.74, 6) is 0.618. The molecule has 1 aliphatic rings. The molecule has 0 bridgehead atoms. The number of rotatable bonds is 0. The molecule has 0 spiro atoms. The minimum atomic E-state index is -0.0711. The van der Waals surface area contributed by atoms with Crippen molar-refractivity contribution >= 4 is 0 Å². The molecular formula is C46H71DyO4. The SMILES string of the molecule is C1CCOC1.CC(C)(C)c1cccc(C(C)(C)C)c1[O-].CC(C)(C)c1cccc(C(C)(C)C)c1[O-].CC(C)(C)c1cccc(C(C)(C)C)c1[O-].[Dy+3]. The van der Waals surface area contributed by atoms with E-state index in [2.05, 4.69) is 125 Å². The van der Waals surface area contributed by atoms with Crippen molar-refractivity contribution in [3.8, 4) is 17.2 Å². The number of hydrogen-bond acceptors (Lipinski definition) is 4. The fraction of sp³-hybridized carbons (Fsp3) is 0.609. The van der Waals surface area contributed by atoms with E-state index in [0.29, 0.717) is 0 Å². The van der Waals surface area contributed by atoms with Gasteiger partial charge < -0.3 is 20.1 Å². The van der Waals surface area contributed by atoms with Crippen molar-refractivity contribution < 1.29 is 58.2 Å². The van der Waals surface area contributed by atoms with Crippen LogP contribution in [-0.4, -0.2) is 13.2 Å². The first kappa shape index (κ1) is 49.3. The van der Waals surface area contributed by atoms with Crippen molar-refractivity contribution in [1.82, 2.24) is 0 Å². The van der Waals surface area contributed by atoms with Gasteiger partial charge in [0.25, 0.3) is 0 Å². The van der Waals surface area contributed by atoms with Crippen LogP contribution in [0.4, 0.5) is 0 Å². The summed E-state index contributed by atoms with van der Waals surface area (Å²) in [5, 5.41) is 36.8. The molecule has 0 aliphatic carbocycles.